The molecule has 1 atom stereocenters. The molecule has 1 heterocycles. The normalized spacial score (nSPS) is 17.7. The first-order valence-electron chi connectivity index (χ1n) is 10.1. The van der Waals surface area contributed by atoms with Crippen LogP contribution in [0.25, 0.3) is 0 Å². The Morgan fingerprint density at radius 2 is 2.15 bits per heavy atom. The summed E-state index contributed by atoms with van der Waals surface area (Å²) >= 11 is 0. The Morgan fingerprint density at radius 1 is 1.33 bits per heavy atom. The fourth-order valence-electron chi connectivity index (χ4n) is 3.42. The SMILES string of the molecule is CCNC(=NCCCOCCc1ccccc1)N1CCCC(CC(N)=O)C1. The van der Waals surface area contributed by atoms with Gasteiger partial charge in [-0.1, -0.05) is 30.3 Å². The topological polar surface area (TPSA) is 80.0 Å². The van der Waals surface area contributed by atoms with Crippen molar-refractivity contribution in [3.05, 3.63) is 35.9 Å². The van der Waals surface area contributed by atoms with Gasteiger partial charge in [-0.3, -0.25) is 9.79 Å². The Hall–Kier alpha value is -2.08. The molecule has 1 unspecified atom stereocenters. The van der Waals surface area contributed by atoms with E-state index >= 15 is 0 Å². The van der Waals surface area contributed by atoms with Gasteiger partial charge in [0.2, 0.25) is 5.91 Å². The number of carbonyl (C=O) groups is 1. The van der Waals surface area contributed by atoms with Crippen LogP contribution in [0.15, 0.2) is 35.3 Å². The zero-order valence-corrected chi connectivity index (χ0v) is 16.5. The number of hydrogen-bond acceptors (Lipinski definition) is 3. The lowest BCUT2D eigenvalue weighted by Gasteiger charge is -2.34. The Bertz CT molecular complexity index is 577. The minimum atomic E-state index is -0.212. The molecule has 0 radical (unpaired) electrons. The molecule has 0 aromatic heterocycles. The van der Waals surface area contributed by atoms with Crippen molar-refractivity contribution in [2.45, 2.75) is 39.0 Å². The molecular weight excluding hydrogens is 340 g/mol. The molecule has 1 aliphatic heterocycles. The number of guanidine groups is 1. The summed E-state index contributed by atoms with van der Waals surface area (Å²) in [5.41, 5.74) is 6.67. The van der Waals surface area contributed by atoms with Gasteiger partial charge in [0.25, 0.3) is 0 Å². The third-order valence-electron chi connectivity index (χ3n) is 4.73. The van der Waals surface area contributed by atoms with Crippen LogP contribution in [0.2, 0.25) is 0 Å². The van der Waals surface area contributed by atoms with Crippen LogP contribution < -0.4 is 11.1 Å². The number of carbonyl (C=O) groups excluding carboxylic acids is 1. The quantitative estimate of drug-likeness (QED) is 0.374. The van der Waals surface area contributed by atoms with E-state index in [9.17, 15) is 4.79 Å². The van der Waals surface area contributed by atoms with Crippen molar-refractivity contribution in [3.8, 4) is 0 Å². The molecule has 6 heteroatoms. The van der Waals surface area contributed by atoms with Gasteiger partial charge in [0.15, 0.2) is 5.96 Å². The lowest BCUT2D eigenvalue weighted by atomic mass is 9.95. The van der Waals surface area contributed by atoms with Crippen LogP contribution in [-0.4, -0.2) is 56.2 Å². The number of amides is 1. The van der Waals surface area contributed by atoms with Gasteiger partial charge in [-0.2, -0.15) is 0 Å². The first-order chi connectivity index (χ1) is 13.2. The minimum Gasteiger partial charge on any atom is -0.381 e. The molecule has 1 aliphatic rings. The summed E-state index contributed by atoms with van der Waals surface area (Å²) in [7, 11) is 0. The van der Waals surface area contributed by atoms with Gasteiger partial charge in [-0.15, -0.1) is 0 Å². The van der Waals surface area contributed by atoms with Gasteiger partial charge < -0.3 is 20.7 Å². The van der Waals surface area contributed by atoms with Gasteiger partial charge in [0, 0.05) is 39.2 Å². The third-order valence-corrected chi connectivity index (χ3v) is 4.73. The van der Waals surface area contributed by atoms with Crippen molar-refractivity contribution in [1.29, 1.82) is 0 Å². The van der Waals surface area contributed by atoms with E-state index in [1.54, 1.807) is 0 Å². The van der Waals surface area contributed by atoms with Crippen molar-refractivity contribution in [2.75, 3.05) is 39.4 Å². The van der Waals surface area contributed by atoms with E-state index in [1.165, 1.54) is 5.56 Å². The maximum absolute atomic E-state index is 11.2. The van der Waals surface area contributed by atoms with Crippen molar-refractivity contribution < 1.29 is 9.53 Å². The van der Waals surface area contributed by atoms with Gasteiger partial charge in [0.05, 0.1) is 6.61 Å². The summed E-state index contributed by atoms with van der Waals surface area (Å²) in [5.74, 6) is 1.06. The average Bonchev–Trinajstić information content (AvgIpc) is 2.67. The fourth-order valence-corrected chi connectivity index (χ4v) is 3.42. The Labute approximate surface area is 163 Å². The van der Waals surface area contributed by atoms with Crippen LogP contribution >= 0.6 is 0 Å². The highest BCUT2D eigenvalue weighted by Gasteiger charge is 2.23. The standard InChI is InChI=1S/C21H34N4O2/c1-2-23-21(25-13-6-10-19(17-25)16-20(22)26)24-12-7-14-27-15-11-18-8-4-3-5-9-18/h3-5,8-9,19H,2,6-7,10-17H2,1H3,(H2,22,26)(H,23,24). The number of ether oxygens (including phenoxy) is 1. The number of nitrogens with zero attached hydrogens (tertiary/aromatic N) is 2. The molecule has 0 spiro atoms. The number of aliphatic imine (C=N–C) groups is 1. The fraction of sp³-hybridized carbons (Fsp3) is 0.619. The van der Waals surface area contributed by atoms with Crippen LogP contribution in [0.1, 0.15) is 38.2 Å². The number of nitrogens with one attached hydrogen (secondary N) is 1. The molecule has 0 aliphatic carbocycles. The van der Waals surface area contributed by atoms with Crippen molar-refractivity contribution in [1.82, 2.24) is 10.2 Å². The Kier molecular flexibility index (Phi) is 9.69. The van der Waals surface area contributed by atoms with E-state index in [0.717, 1.165) is 71.0 Å². The van der Waals surface area contributed by atoms with Crippen LogP contribution in [0, 0.1) is 5.92 Å². The first-order valence-corrected chi connectivity index (χ1v) is 10.1. The number of likely N-dealkylation sites (tertiary alicyclic amines) is 1. The molecule has 3 N–H and O–H groups in total. The highest BCUT2D eigenvalue weighted by Crippen LogP contribution is 2.19. The summed E-state index contributed by atoms with van der Waals surface area (Å²) in [6, 6.07) is 10.4. The summed E-state index contributed by atoms with van der Waals surface area (Å²) in [4.78, 5) is 18.2. The predicted octanol–water partition coefficient (Wildman–Crippen LogP) is 2.19. The maximum Gasteiger partial charge on any atom is 0.217 e. The first kappa shape index (κ1) is 21.2. The summed E-state index contributed by atoms with van der Waals surface area (Å²) < 4.78 is 5.73. The zero-order valence-electron chi connectivity index (χ0n) is 16.5. The van der Waals surface area contributed by atoms with Crippen LogP contribution in [0.3, 0.4) is 0 Å². The molecule has 1 saturated heterocycles. The molecule has 6 nitrogen and oxygen atoms in total. The van der Waals surface area contributed by atoms with Crippen molar-refractivity contribution in [2.24, 2.45) is 16.6 Å². The second-order valence-electron chi connectivity index (χ2n) is 7.06. The van der Waals surface area contributed by atoms with Crippen LogP contribution in [0.4, 0.5) is 0 Å². The maximum atomic E-state index is 11.2. The molecule has 2 rings (SSSR count). The molecule has 1 fully saturated rings. The molecular formula is C21H34N4O2. The molecule has 0 saturated carbocycles. The van der Waals surface area contributed by atoms with Crippen LogP contribution in [-0.2, 0) is 16.0 Å². The summed E-state index contributed by atoms with van der Waals surface area (Å²) in [5, 5.41) is 3.37. The monoisotopic (exact) mass is 374 g/mol. The number of hydrogen-bond donors (Lipinski definition) is 2. The molecule has 1 amide bonds. The van der Waals surface area contributed by atoms with E-state index in [1.807, 2.05) is 6.07 Å². The van der Waals surface area contributed by atoms with E-state index < -0.39 is 0 Å². The summed E-state index contributed by atoms with van der Waals surface area (Å²) in [6.07, 6.45) is 4.45. The average molecular weight is 375 g/mol. The minimum absolute atomic E-state index is 0.212. The van der Waals surface area contributed by atoms with E-state index in [0.29, 0.717) is 12.3 Å². The van der Waals surface area contributed by atoms with Crippen molar-refractivity contribution >= 4 is 11.9 Å². The van der Waals surface area contributed by atoms with Gasteiger partial charge in [-0.05, 0) is 44.1 Å². The molecule has 150 valence electrons. The molecule has 1 aromatic carbocycles. The van der Waals surface area contributed by atoms with Gasteiger partial charge in [0.1, 0.15) is 0 Å². The number of benzene rings is 1. The Balaban J connectivity index is 1.68. The van der Waals surface area contributed by atoms with E-state index in [4.69, 9.17) is 15.5 Å². The Morgan fingerprint density at radius 3 is 2.89 bits per heavy atom. The second kappa shape index (κ2) is 12.3. The smallest absolute Gasteiger partial charge is 0.217 e. The number of piperidine rings is 1. The largest absolute Gasteiger partial charge is 0.381 e. The van der Waals surface area contributed by atoms with E-state index in [2.05, 4.69) is 41.4 Å². The van der Waals surface area contributed by atoms with Crippen molar-refractivity contribution in [3.63, 3.8) is 0 Å². The highest BCUT2D eigenvalue weighted by atomic mass is 16.5. The summed E-state index contributed by atoms with van der Waals surface area (Å²) in [6.45, 7) is 6.95. The third kappa shape index (κ3) is 8.43. The van der Waals surface area contributed by atoms with Crippen LogP contribution in [0.5, 0.6) is 0 Å². The molecule has 0 bridgehead atoms. The second-order valence-corrected chi connectivity index (χ2v) is 7.06. The number of rotatable bonds is 10. The van der Waals surface area contributed by atoms with Gasteiger partial charge >= 0.3 is 0 Å². The molecule has 27 heavy (non-hydrogen) atoms. The predicted molar refractivity (Wildman–Crippen MR) is 110 cm³/mol. The zero-order chi connectivity index (χ0) is 19.3. The lowest BCUT2D eigenvalue weighted by molar-refractivity contribution is -0.119. The lowest BCUT2D eigenvalue weighted by Crippen LogP contribution is -2.47. The highest BCUT2D eigenvalue weighted by molar-refractivity contribution is 5.80. The number of primary amides is 1. The number of nitrogens with two attached hydrogens (primary N) is 1. The van der Waals surface area contributed by atoms with E-state index in [-0.39, 0.29) is 5.91 Å². The van der Waals surface area contributed by atoms with Gasteiger partial charge in [-0.25, -0.2) is 0 Å². The molecule has 1 aromatic rings.